The van der Waals surface area contributed by atoms with Crippen LogP contribution in [0.25, 0.3) is 0 Å². The molecule has 6 heteroatoms. The Labute approximate surface area is 149 Å². The summed E-state index contributed by atoms with van der Waals surface area (Å²) in [5.41, 5.74) is 1.17. The molecule has 3 rings (SSSR count). The quantitative estimate of drug-likeness (QED) is 0.451. The Morgan fingerprint density at radius 1 is 1.45 bits per heavy atom. The summed E-state index contributed by atoms with van der Waals surface area (Å²) >= 11 is 0. The fourth-order valence-electron chi connectivity index (χ4n) is 3.64. The van der Waals surface area contributed by atoms with Gasteiger partial charge in [-0.25, -0.2) is 0 Å². The molecular formula is C16H25IN4O. The second-order valence-corrected chi connectivity index (χ2v) is 6.43. The maximum absolute atomic E-state index is 5.83. The van der Waals surface area contributed by atoms with E-state index >= 15 is 0 Å². The van der Waals surface area contributed by atoms with Crippen molar-refractivity contribution in [2.75, 3.05) is 13.7 Å². The van der Waals surface area contributed by atoms with Crippen LogP contribution in [0.2, 0.25) is 0 Å². The van der Waals surface area contributed by atoms with Crippen molar-refractivity contribution in [2.45, 2.75) is 39.0 Å². The van der Waals surface area contributed by atoms with Gasteiger partial charge in [0, 0.05) is 37.2 Å². The lowest BCUT2D eigenvalue weighted by Gasteiger charge is -2.54. The molecule has 22 heavy (non-hydrogen) atoms. The maximum Gasteiger partial charge on any atom is 0.191 e. The van der Waals surface area contributed by atoms with Crippen molar-refractivity contribution >= 4 is 29.9 Å². The van der Waals surface area contributed by atoms with Crippen LogP contribution in [0.5, 0.6) is 0 Å². The van der Waals surface area contributed by atoms with Gasteiger partial charge < -0.3 is 15.4 Å². The summed E-state index contributed by atoms with van der Waals surface area (Å²) in [6, 6.07) is 6.34. The molecule has 5 nitrogen and oxygen atoms in total. The first-order valence-corrected chi connectivity index (χ1v) is 7.61. The molecular weight excluding hydrogens is 391 g/mol. The van der Waals surface area contributed by atoms with Crippen molar-refractivity contribution in [1.29, 1.82) is 0 Å². The number of hydrogen-bond acceptors (Lipinski definition) is 3. The molecule has 0 aromatic carbocycles. The van der Waals surface area contributed by atoms with Crippen molar-refractivity contribution in [1.82, 2.24) is 15.6 Å². The first-order chi connectivity index (χ1) is 10.1. The Balaban J connectivity index is 0.00000176. The van der Waals surface area contributed by atoms with E-state index in [1.54, 1.807) is 0 Å². The topological polar surface area (TPSA) is 58.5 Å². The summed E-state index contributed by atoms with van der Waals surface area (Å²) in [6.45, 7) is 6.10. The van der Waals surface area contributed by atoms with Gasteiger partial charge in [-0.05, 0) is 18.6 Å². The van der Waals surface area contributed by atoms with E-state index in [9.17, 15) is 0 Å². The first-order valence-electron chi connectivity index (χ1n) is 7.61. The molecule has 3 unspecified atom stereocenters. The van der Waals surface area contributed by atoms with Crippen LogP contribution in [0.1, 0.15) is 26.0 Å². The van der Waals surface area contributed by atoms with Gasteiger partial charge in [0.2, 0.25) is 0 Å². The fraction of sp³-hybridized carbons (Fsp3) is 0.625. The standard InChI is InChI=1S/C16H24N4O.HI/c1-16(2)13(12-7-9-21-14(12)16)20-15(17-3)19-10-11-6-4-5-8-18-11;/h4-6,8,12-14H,7,9-10H2,1-3H3,(H2,17,19,20);1H. The zero-order chi connectivity index (χ0) is 14.9. The van der Waals surface area contributed by atoms with Gasteiger partial charge in [-0.3, -0.25) is 9.98 Å². The Morgan fingerprint density at radius 3 is 2.95 bits per heavy atom. The minimum Gasteiger partial charge on any atom is -0.377 e. The zero-order valence-electron chi connectivity index (χ0n) is 13.4. The van der Waals surface area contributed by atoms with E-state index in [1.165, 1.54) is 0 Å². The minimum atomic E-state index is 0. The summed E-state index contributed by atoms with van der Waals surface area (Å²) < 4.78 is 5.83. The van der Waals surface area contributed by atoms with Crippen molar-refractivity contribution in [3.05, 3.63) is 30.1 Å². The van der Waals surface area contributed by atoms with E-state index in [-0.39, 0.29) is 29.4 Å². The summed E-state index contributed by atoms with van der Waals surface area (Å²) in [5, 5.41) is 6.90. The first kappa shape index (κ1) is 17.5. The molecule has 1 aromatic heterocycles. The van der Waals surface area contributed by atoms with Crippen LogP contribution in [-0.2, 0) is 11.3 Å². The molecule has 2 heterocycles. The molecule has 0 amide bonds. The highest BCUT2D eigenvalue weighted by Gasteiger charge is 2.59. The number of pyridine rings is 1. The highest BCUT2D eigenvalue weighted by Crippen LogP contribution is 2.52. The zero-order valence-corrected chi connectivity index (χ0v) is 15.7. The summed E-state index contributed by atoms with van der Waals surface area (Å²) in [7, 11) is 1.81. The lowest BCUT2D eigenvalue weighted by atomic mass is 9.57. The Morgan fingerprint density at radius 2 is 2.27 bits per heavy atom. The van der Waals surface area contributed by atoms with Gasteiger partial charge in [0.15, 0.2) is 5.96 Å². The molecule has 1 aliphatic carbocycles. The third-order valence-corrected chi connectivity index (χ3v) is 4.78. The highest BCUT2D eigenvalue weighted by atomic mass is 127. The average molecular weight is 416 g/mol. The molecule has 0 bridgehead atoms. The van der Waals surface area contributed by atoms with E-state index in [0.29, 0.717) is 24.6 Å². The summed E-state index contributed by atoms with van der Waals surface area (Å²) in [6.07, 6.45) is 3.34. The van der Waals surface area contributed by atoms with Crippen LogP contribution in [0.4, 0.5) is 0 Å². The number of nitrogens with one attached hydrogen (secondary N) is 2. The number of nitrogens with zero attached hydrogens (tertiary/aromatic N) is 2. The van der Waals surface area contributed by atoms with E-state index < -0.39 is 0 Å². The molecule has 0 radical (unpaired) electrons. The number of rotatable bonds is 3. The van der Waals surface area contributed by atoms with Gasteiger partial charge in [0.05, 0.1) is 18.3 Å². The van der Waals surface area contributed by atoms with Gasteiger partial charge in [0.25, 0.3) is 0 Å². The van der Waals surface area contributed by atoms with Crippen LogP contribution < -0.4 is 10.6 Å². The monoisotopic (exact) mass is 416 g/mol. The van der Waals surface area contributed by atoms with E-state index in [2.05, 4.69) is 34.5 Å². The van der Waals surface area contributed by atoms with Gasteiger partial charge >= 0.3 is 0 Å². The number of fused-ring (bicyclic) bond motifs is 1. The Bertz CT molecular complexity index is 520. The van der Waals surface area contributed by atoms with Gasteiger partial charge in [-0.1, -0.05) is 19.9 Å². The molecule has 1 saturated heterocycles. The number of ether oxygens (including phenoxy) is 1. The number of hydrogen-bond donors (Lipinski definition) is 2. The lowest BCUT2D eigenvalue weighted by molar-refractivity contribution is -0.106. The normalized spacial score (nSPS) is 29.0. The molecule has 1 aromatic rings. The fourth-order valence-corrected chi connectivity index (χ4v) is 3.64. The highest BCUT2D eigenvalue weighted by molar-refractivity contribution is 14.0. The molecule has 1 saturated carbocycles. The molecule has 0 spiro atoms. The number of halogens is 1. The molecule has 2 N–H and O–H groups in total. The summed E-state index contributed by atoms with van der Waals surface area (Å²) in [5.74, 6) is 1.44. The molecule has 2 aliphatic rings. The van der Waals surface area contributed by atoms with E-state index in [1.807, 2.05) is 31.4 Å². The predicted molar refractivity (Wildman–Crippen MR) is 98.4 cm³/mol. The predicted octanol–water partition coefficient (Wildman–Crippen LogP) is 2.18. The van der Waals surface area contributed by atoms with Crippen LogP contribution in [0.3, 0.4) is 0 Å². The van der Waals surface area contributed by atoms with Crippen molar-refractivity contribution in [3.63, 3.8) is 0 Å². The second-order valence-electron chi connectivity index (χ2n) is 6.43. The smallest absolute Gasteiger partial charge is 0.191 e. The van der Waals surface area contributed by atoms with Crippen LogP contribution >= 0.6 is 24.0 Å². The van der Waals surface area contributed by atoms with Gasteiger partial charge in [0.1, 0.15) is 0 Å². The third kappa shape index (κ3) is 3.22. The minimum absolute atomic E-state index is 0. The lowest BCUT2D eigenvalue weighted by Crippen LogP contribution is -2.67. The van der Waals surface area contributed by atoms with Crippen LogP contribution in [-0.4, -0.2) is 36.7 Å². The Hall–Kier alpha value is -0.890. The molecule has 1 aliphatic heterocycles. The Kier molecular flexibility index (Phi) is 5.65. The van der Waals surface area contributed by atoms with Gasteiger partial charge in [-0.15, -0.1) is 24.0 Å². The van der Waals surface area contributed by atoms with Crippen molar-refractivity contribution in [3.8, 4) is 0 Å². The van der Waals surface area contributed by atoms with Crippen molar-refractivity contribution < 1.29 is 4.74 Å². The summed E-state index contributed by atoms with van der Waals surface area (Å²) in [4.78, 5) is 8.65. The molecule has 2 fully saturated rings. The van der Waals surface area contributed by atoms with Gasteiger partial charge in [-0.2, -0.15) is 0 Å². The van der Waals surface area contributed by atoms with Crippen LogP contribution in [0.15, 0.2) is 29.4 Å². The van der Waals surface area contributed by atoms with E-state index in [4.69, 9.17) is 4.74 Å². The second kappa shape index (κ2) is 7.12. The van der Waals surface area contributed by atoms with Crippen molar-refractivity contribution in [2.24, 2.45) is 16.3 Å². The van der Waals surface area contributed by atoms with E-state index in [0.717, 1.165) is 24.7 Å². The molecule has 122 valence electrons. The number of aliphatic imine (C=N–C) groups is 1. The number of aromatic nitrogens is 1. The SMILES string of the molecule is CN=C(NCc1ccccn1)NC1C2CCOC2C1(C)C.I. The molecule has 3 atom stereocenters. The average Bonchev–Trinajstić information content (AvgIpc) is 2.95. The largest absolute Gasteiger partial charge is 0.377 e. The van der Waals surface area contributed by atoms with Crippen LogP contribution in [0, 0.1) is 11.3 Å². The maximum atomic E-state index is 5.83. The number of guanidine groups is 1. The third-order valence-electron chi connectivity index (χ3n) is 4.78.